The van der Waals surface area contributed by atoms with Gasteiger partial charge in [0.15, 0.2) is 0 Å². The van der Waals surface area contributed by atoms with E-state index in [1.54, 1.807) is 11.0 Å². The highest BCUT2D eigenvalue weighted by Gasteiger charge is 2.33. The number of carbonyl (C=O) groups is 1. The molecule has 1 aromatic heterocycles. The summed E-state index contributed by atoms with van der Waals surface area (Å²) in [5.74, 6) is -0.147. The highest BCUT2D eigenvalue weighted by Crippen LogP contribution is 2.36. The summed E-state index contributed by atoms with van der Waals surface area (Å²) in [6.45, 7) is 2.84. The Morgan fingerprint density at radius 2 is 1.81 bits per heavy atom. The zero-order valence-electron chi connectivity index (χ0n) is 14.6. The van der Waals surface area contributed by atoms with E-state index in [-0.39, 0.29) is 16.6 Å². The summed E-state index contributed by atoms with van der Waals surface area (Å²) in [7, 11) is 2.00. The number of rotatable bonds is 3. The second-order valence-electron chi connectivity index (χ2n) is 6.38. The van der Waals surface area contributed by atoms with Crippen molar-refractivity contribution in [3.8, 4) is 0 Å². The predicted molar refractivity (Wildman–Crippen MR) is 97.4 cm³/mol. The average Bonchev–Trinajstić information content (AvgIpc) is 2.63. The Morgan fingerprint density at radius 1 is 1.11 bits per heavy atom. The predicted octanol–water partition coefficient (Wildman–Crippen LogP) is 3.89. The van der Waals surface area contributed by atoms with Crippen LogP contribution in [0.25, 0.3) is 0 Å². The number of likely N-dealkylation sites (N-methyl/N-ethyl adjacent to an activating group) is 1. The first kappa shape index (κ1) is 19.4. The fourth-order valence-corrected chi connectivity index (χ4v) is 3.03. The summed E-state index contributed by atoms with van der Waals surface area (Å²) in [5, 5.41) is 2.48. The molecular weight excluding hydrogens is 381 g/mol. The number of pyridine rings is 1. The largest absolute Gasteiger partial charge is 0.417 e. The summed E-state index contributed by atoms with van der Waals surface area (Å²) in [4.78, 5) is 20.5. The third kappa shape index (κ3) is 4.70. The minimum Gasteiger partial charge on any atom is -0.354 e. The van der Waals surface area contributed by atoms with Crippen LogP contribution in [0.2, 0.25) is 5.02 Å². The number of benzene rings is 1. The van der Waals surface area contributed by atoms with Crippen molar-refractivity contribution in [1.29, 1.82) is 0 Å². The van der Waals surface area contributed by atoms with Gasteiger partial charge < -0.3 is 15.1 Å². The standard InChI is InChI=1S/C18H18ClF3N4O/c1-25-4-6-26(7-5-25)17(27)12-8-14(11-23-10-12)24-13-2-3-16(19)15(9-13)18(20,21)22/h2-3,8-11,24H,4-7H2,1H3. The molecule has 3 rings (SSSR count). The molecule has 27 heavy (non-hydrogen) atoms. The molecule has 0 atom stereocenters. The van der Waals surface area contributed by atoms with Crippen molar-refractivity contribution in [2.75, 3.05) is 38.5 Å². The molecule has 0 spiro atoms. The second kappa shape index (κ2) is 7.74. The number of hydrogen-bond acceptors (Lipinski definition) is 4. The smallest absolute Gasteiger partial charge is 0.354 e. The molecular formula is C18H18ClF3N4O. The van der Waals surface area contributed by atoms with Gasteiger partial charge >= 0.3 is 6.18 Å². The van der Waals surface area contributed by atoms with Crippen molar-refractivity contribution in [2.24, 2.45) is 0 Å². The van der Waals surface area contributed by atoms with Crippen LogP contribution in [0.15, 0.2) is 36.7 Å². The maximum Gasteiger partial charge on any atom is 0.417 e. The van der Waals surface area contributed by atoms with E-state index in [1.807, 2.05) is 7.05 Å². The Balaban J connectivity index is 1.77. The lowest BCUT2D eigenvalue weighted by atomic mass is 10.1. The van der Waals surface area contributed by atoms with Gasteiger partial charge in [0.05, 0.1) is 28.0 Å². The van der Waals surface area contributed by atoms with Gasteiger partial charge in [0.25, 0.3) is 5.91 Å². The molecule has 1 saturated heterocycles. The number of hydrogen-bond donors (Lipinski definition) is 1. The van der Waals surface area contributed by atoms with Gasteiger partial charge in [-0.05, 0) is 31.3 Å². The maximum atomic E-state index is 13.0. The topological polar surface area (TPSA) is 48.5 Å². The highest BCUT2D eigenvalue weighted by atomic mass is 35.5. The number of anilines is 2. The molecule has 2 aromatic rings. The van der Waals surface area contributed by atoms with Gasteiger partial charge in [0, 0.05) is 38.1 Å². The summed E-state index contributed by atoms with van der Waals surface area (Å²) in [6, 6.07) is 5.12. The lowest BCUT2D eigenvalue weighted by molar-refractivity contribution is -0.137. The molecule has 1 fully saturated rings. The van der Waals surface area contributed by atoms with Crippen molar-refractivity contribution < 1.29 is 18.0 Å². The third-order valence-electron chi connectivity index (χ3n) is 4.34. The summed E-state index contributed by atoms with van der Waals surface area (Å²) >= 11 is 5.63. The minimum absolute atomic E-state index is 0.147. The van der Waals surface area contributed by atoms with Crippen molar-refractivity contribution in [2.45, 2.75) is 6.18 Å². The maximum absolute atomic E-state index is 13.0. The van der Waals surface area contributed by atoms with Gasteiger partial charge in [-0.3, -0.25) is 9.78 Å². The van der Waals surface area contributed by atoms with Gasteiger partial charge in [0.2, 0.25) is 0 Å². The fourth-order valence-electron chi connectivity index (χ4n) is 2.80. The second-order valence-corrected chi connectivity index (χ2v) is 6.78. The van der Waals surface area contributed by atoms with Crippen LogP contribution in [-0.2, 0) is 6.18 Å². The summed E-state index contributed by atoms with van der Waals surface area (Å²) in [6.07, 6.45) is -1.65. The lowest BCUT2D eigenvalue weighted by Crippen LogP contribution is -2.47. The molecule has 1 amide bonds. The average molecular weight is 399 g/mol. The van der Waals surface area contributed by atoms with Crippen molar-refractivity contribution in [1.82, 2.24) is 14.8 Å². The van der Waals surface area contributed by atoms with Crippen LogP contribution in [0.4, 0.5) is 24.5 Å². The van der Waals surface area contributed by atoms with E-state index >= 15 is 0 Å². The molecule has 9 heteroatoms. The molecule has 5 nitrogen and oxygen atoms in total. The van der Waals surface area contributed by atoms with E-state index in [0.717, 1.165) is 19.2 Å². The number of halogens is 4. The molecule has 0 saturated carbocycles. The van der Waals surface area contributed by atoms with Gasteiger partial charge in [-0.15, -0.1) is 0 Å². The Bertz CT molecular complexity index is 836. The molecule has 0 unspecified atom stereocenters. The van der Waals surface area contributed by atoms with Crippen LogP contribution >= 0.6 is 11.6 Å². The number of nitrogens with one attached hydrogen (secondary N) is 1. The number of aromatic nitrogens is 1. The minimum atomic E-state index is -4.55. The highest BCUT2D eigenvalue weighted by molar-refractivity contribution is 6.31. The normalized spacial score (nSPS) is 15.7. The Morgan fingerprint density at radius 3 is 2.48 bits per heavy atom. The summed E-state index contributed by atoms with van der Waals surface area (Å²) in [5.41, 5.74) is 0.0875. The van der Waals surface area contributed by atoms with Gasteiger partial charge in [-0.2, -0.15) is 13.2 Å². The molecule has 0 bridgehead atoms. The number of piperazine rings is 1. The molecule has 0 aliphatic carbocycles. The molecule has 144 valence electrons. The Labute approximate surface area is 159 Å². The molecule has 1 aliphatic heterocycles. The van der Waals surface area contributed by atoms with E-state index in [9.17, 15) is 18.0 Å². The van der Waals surface area contributed by atoms with Crippen LogP contribution in [0.1, 0.15) is 15.9 Å². The number of amides is 1. The zero-order valence-corrected chi connectivity index (χ0v) is 15.3. The van der Waals surface area contributed by atoms with Crippen LogP contribution < -0.4 is 5.32 Å². The van der Waals surface area contributed by atoms with Gasteiger partial charge in [0.1, 0.15) is 0 Å². The van der Waals surface area contributed by atoms with E-state index in [0.29, 0.717) is 24.3 Å². The summed E-state index contributed by atoms with van der Waals surface area (Å²) < 4.78 is 39.0. The first-order chi connectivity index (χ1) is 12.7. The van der Waals surface area contributed by atoms with Crippen LogP contribution in [0, 0.1) is 0 Å². The van der Waals surface area contributed by atoms with Crippen LogP contribution in [0.3, 0.4) is 0 Å². The number of nitrogens with zero attached hydrogens (tertiary/aromatic N) is 3. The fraction of sp³-hybridized carbons (Fsp3) is 0.333. The first-order valence-corrected chi connectivity index (χ1v) is 8.68. The van der Waals surface area contributed by atoms with Gasteiger partial charge in [-0.25, -0.2) is 0 Å². The number of carbonyl (C=O) groups excluding carboxylic acids is 1. The SMILES string of the molecule is CN1CCN(C(=O)c2cncc(Nc3ccc(Cl)c(C(F)(F)F)c3)c2)CC1. The van der Waals surface area contributed by atoms with E-state index in [4.69, 9.17) is 11.6 Å². The van der Waals surface area contributed by atoms with Crippen molar-refractivity contribution in [3.63, 3.8) is 0 Å². The van der Waals surface area contributed by atoms with Crippen LogP contribution in [-0.4, -0.2) is 53.9 Å². The van der Waals surface area contributed by atoms with E-state index < -0.39 is 11.7 Å². The molecule has 2 heterocycles. The third-order valence-corrected chi connectivity index (χ3v) is 4.67. The molecule has 1 aromatic carbocycles. The molecule has 0 radical (unpaired) electrons. The number of alkyl halides is 3. The van der Waals surface area contributed by atoms with Crippen molar-refractivity contribution >= 4 is 28.9 Å². The van der Waals surface area contributed by atoms with E-state index in [2.05, 4.69) is 15.2 Å². The zero-order chi connectivity index (χ0) is 19.6. The lowest BCUT2D eigenvalue weighted by Gasteiger charge is -2.32. The van der Waals surface area contributed by atoms with Crippen molar-refractivity contribution in [3.05, 3.63) is 52.8 Å². The Hall–Kier alpha value is -2.32. The van der Waals surface area contributed by atoms with Crippen LogP contribution in [0.5, 0.6) is 0 Å². The molecule has 1 aliphatic rings. The first-order valence-electron chi connectivity index (χ1n) is 8.30. The quantitative estimate of drug-likeness (QED) is 0.852. The monoisotopic (exact) mass is 398 g/mol. The Kier molecular flexibility index (Phi) is 5.57. The van der Waals surface area contributed by atoms with Gasteiger partial charge in [-0.1, -0.05) is 11.6 Å². The van der Waals surface area contributed by atoms with E-state index in [1.165, 1.54) is 24.5 Å². The molecule has 1 N–H and O–H groups in total.